The molecule has 2 rings (SSSR count). The maximum atomic E-state index is 12.2. The number of anilines is 1. The van der Waals surface area contributed by atoms with Gasteiger partial charge in [0, 0.05) is 24.7 Å². The molecule has 2 amide bonds. The van der Waals surface area contributed by atoms with Crippen molar-refractivity contribution in [1.29, 1.82) is 0 Å². The Morgan fingerprint density at radius 1 is 1.12 bits per heavy atom. The number of likely N-dealkylation sites (tertiary alicyclic amines) is 1. The quantitative estimate of drug-likeness (QED) is 0.842. The Morgan fingerprint density at radius 2 is 1.83 bits per heavy atom. The average Bonchev–Trinajstić information content (AvgIpc) is 2.85. The van der Waals surface area contributed by atoms with Gasteiger partial charge in [0.25, 0.3) is 5.91 Å². The predicted octanol–water partition coefficient (Wildman–Crippen LogP) is 2.95. The van der Waals surface area contributed by atoms with Crippen molar-refractivity contribution in [2.75, 3.05) is 32.0 Å². The Morgan fingerprint density at radius 3 is 2.50 bits per heavy atom. The summed E-state index contributed by atoms with van der Waals surface area (Å²) in [6.07, 6.45) is 6.60. The first-order valence-electron chi connectivity index (χ1n) is 8.95. The molecule has 1 aliphatic rings. The van der Waals surface area contributed by atoms with Crippen molar-refractivity contribution in [2.24, 2.45) is 0 Å². The van der Waals surface area contributed by atoms with Gasteiger partial charge in [-0.2, -0.15) is 0 Å². The topological polar surface area (TPSA) is 61.4 Å². The number of hydrogen-bond donors (Lipinski definition) is 2. The summed E-state index contributed by atoms with van der Waals surface area (Å²) in [5.74, 6) is -0.119. The zero-order chi connectivity index (χ0) is 17.4. The third kappa shape index (κ3) is 5.34. The highest BCUT2D eigenvalue weighted by Crippen LogP contribution is 2.19. The van der Waals surface area contributed by atoms with Gasteiger partial charge in [-0.15, -0.1) is 0 Å². The highest BCUT2D eigenvalue weighted by atomic mass is 16.2. The van der Waals surface area contributed by atoms with E-state index in [4.69, 9.17) is 0 Å². The fraction of sp³-hybridized carbons (Fsp3) is 0.579. The molecule has 5 heteroatoms. The number of nitrogens with one attached hydrogen (secondary N) is 2. The molecule has 0 saturated carbocycles. The number of carbonyl (C=O) groups excluding carboxylic acids is 2. The Hall–Kier alpha value is -1.88. The second-order valence-electron chi connectivity index (χ2n) is 6.46. The summed E-state index contributed by atoms with van der Waals surface area (Å²) in [6, 6.07) is 5.40. The van der Waals surface area contributed by atoms with Crippen LogP contribution in [0.4, 0.5) is 5.69 Å². The third-order valence-corrected chi connectivity index (χ3v) is 4.66. The molecule has 1 aliphatic heterocycles. The van der Waals surface area contributed by atoms with Crippen LogP contribution in [0.2, 0.25) is 0 Å². The summed E-state index contributed by atoms with van der Waals surface area (Å²) in [5, 5.41) is 5.56. The van der Waals surface area contributed by atoms with E-state index >= 15 is 0 Å². The van der Waals surface area contributed by atoms with Crippen molar-refractivity contribution in [3.05, 3.63) is 29.3 Å². The largest absolute Gasteiger partial charge is 0.355 e. The van der Waals surface area contributed by atoms with Crippen LogP contribution < -0.4 is 10.6 Å². The molecule has 0 aromatic heterocycles. The molecule has 0 aliphatic carbocycles. The van der Waals surface area contributed by atoms with Crippen LogP contribution in [0, 0.1) is 6.92 Å². The fourth-order valence-electron chi connectivity index (χ4n) is 3.19. The van der Waals surface area contributed by atoms with Gasteiger partial charge in [-0.3, -0.25) is 9.59 Å². The maximum Gasteiger partial charge on any atom is 0.251 e. The van der Waals surface area contributed by atoms with Gasteiger partial charge in [-0.05, 0) is 63.5 Å². The Labute approximate surface area is 144 Å². The van der Waals surface area contributed by atoms with Crippen molar-refractivity contribution in [3.63, 3.8) is 0 Å². The van der Waals surface area contributed by atoms with Crippen molar-refractivity contribution in [1.82, 2.24) is 10.2 Å². The second-order valence-corrected chi connectivity index (χ2v) is 6.46. The average molecular weight is 331 g/mol. The molecule has 132 valence electrons. The lowest BCUT2D eigenvalue weighted by atomic mass is 10.1. The lowest BCUT2D eigenvalue weighted by Gasteiger charge is -2.19. The first-order chi connectivity index (χ1) is 11.6. The molecule has 5 nitrogen and oxygen atoms in total. The van der Waals surface area contributed by atoms with Crippen molar-refractivity contribution in [2.45, 2.75) is 45.4 Å². The van der Waals surface area contributed by atoms with Crippen LogP contribution in [-0.4, -0.2) is 43.4 Å². The summed E-state index contributed by atoms with van der Waals surface area (Å²) in [7, 11) is 1.61. The molecule has 0 radical (unpaired) electrons. The molecule has 0 spiro atoms. The number of carbonyl (C=O) groups is 2. The molecule has 0 bridgehead atoms. The lowest BCUT2D eigenvalue weighted by molar-refractivity contribution is -0.116. The normalized spacial score (nSPS) is 15.6. The molecule has 24 heavy (non-hydrogen) atoms. The maximum absolute atomic E-state index is 12.2. The molecule has 1 aromatic carbocycles. The zero-order valence-electron chi connectivity index (χ0n) is 14.9. The monoisotopic (exact) mass is 331 g/mol. The van der Waals surface area contributed by atoms with E-state index < -0.39 is 0 Å². The lowest BCUT2D eigenvalue weighted by Crippen LogP contribution is -2.26. The Bertz CT molecular complexity index is 564. The van der Waals surface area contributed by atoms with Crippen LogP contribution >= 0.6 is 0 Å². The van der Waals surface area contributed by atoms with E-state index in [1.165, 1.54) is 25.7 Å². The number of benzene rings is 1. The second kappa shape index (κ2) is 9.42. The standard InChI is InChI=1S/C19H29N3O2/c1-15-16(19(24)20-2)9-7-10-17(15)21-18(23)11-8-14-22-12-5-3-4-6-13-22/h7,9-10H,3-6,8,11-14H2,1-2H3,(H,20,24)(H,21,23). The highest BCUT2D eigenvalue weighted by Gasteiger charge is 2.13. The first kappa shape index (κ1) is 18.5. The van der Waals surface area contributed by atoms with Crippen LogP contribution in [0.5, 0.6) is 0 Å². The van der Waals surface area contributed by atoms with Crippen LogP contribution in [0.1, 0.15) is 54.4 Å². The summed E-state index contributed by atoms with van der Waals surface area (Å²) in [5.41, 5.74) is 2.12. The van der Waals surface area contributed by atoms with Gasteiger partial charge in [0.2, 0.25) is 5.91 Å². The van der Waals surface area contributed by atoms with Crippen LogP contribution in [0.25, 0.3) is 0 Å². The Kier molecular flexibility index (Phi) is 7.25. The zero-order valence-corrected chi connectivity index (χ0v) is 14.9. The van der Waals surface area contributed by atoms with Gasteiger partial charge in [-0.25, -0.2) is 0 Å². The SMILES string of the molecule is CNC(=O)c1cccc(NC(=O)CCCN2CCCCCC2)c1C. The third-order valence-electron chi connectivity index (χ3n) is 4.66. The summed E-state index contributed by atoms with van der Waals surface area (Å²) < 4.78 is 0. The molecular weight excluding hydrogens is 302 g/mol. The first-order valence-corrected chi connectivity index (χ1v) is 8.95. The van der Waals surface area contributed by atoms with Crippen molar-refractivity contribution >= 4 is 17.5 Å². The molecule has 1 heterocycles. The van der Waals surface area contributed by atoms with Crippen molar-refractivity contribution in [3.8, 4) is 0 Å². The number of hydrogen-bond acceptors (Lipinski definition) is 3. The molecule has 0 atom stereocenters. The van der Waals surface area contributed by atoms with Crippen LogP contribution in [0.3, 0.4) is 0 Å². The number of rotatable bonds is 6. The Balaban J connectivity index is 1.83. The minimum absolute atomic E-state index is 0.0157. The molecule has 1 fully saturated rings. The van der Waals surface area contributed by atoms with E-state index in [2.05, 4.69) is 15.5 Å². The minimum Gasteiger partial charge on any atom is -0.355 e. The van der Waals surface area contributed by atoms with E-state index in [1.807, 2.05) is 13.0 Å². The molecule has 1 aromatic rings. The van der Waals surface area contributed by atoms with Gasteiger partial charge < -0.3 is 15.5 Å². The van der Waals surface area contributed by atoms with Gasteiger partial charge in [0.1, 0.15) is 0 Å². The van der Waals surface area contributed by atoms with Gasteiger partial charge in [-0.1, -0.05) is 18.9 Å². The van der Waals surface area contributed by atoms with Gasteiger partial charge in [0.05, 0.1) is 0 Å². The molecule has 1 saturated heterocycles. The number of nitrogens with zero attached hydrogens (tertiary/aromatic N) is 1. The fourth-order valence-corrected chi connectivity index (χ4v) is 3.19. The summed E-state index contributed by atoms with van der Waals surface area (Å²) >= 11 is 0. The van der Waals surface area contributed by atoms with E-state index in [-0.39, 0.29) is 11.8 Å². The van der Waals surface area contributed by atoms with Gasteiger partial charge in [0.15, 0.2) is 0 Å². The highest BCUT2D eigenvalue weighted by molar-refractivity contribution is 5.99. The van der Waals surface area contributed by atoms with Gasteiger partial charge >= 0.3 is 0 Å². The van der Waals surface area contributed by atoms with E-state index in [9.17, 15) is 9.59 Å². The van der Waals surface area contributed by atoms with E-state index in [1.54, 1.807) is 19.2 Å². The number of amides is 2. The van der Waals surface area contributed by atoms with Crippen LogP contribution in [-0.2, 0) is 4.79 Å². The summed E-state index contributed by atoms with van der Waals surface area (Å²) in [4.78, 5) is 26.5. The summed E-state index contributed by atoms with van der Waals surface area (Å²) in [6.45, 7) is 5.17. The van der Waals surface area contributed by atoms with Crippen molar-refractivity contribution < 1.29 is 9.59 Å². The predicted molar refractivity (Wildman–Crippen MR) is 97.3 cm³/mol. The smallest absolute Gasteiger partial charge is 0.251 e. The minimum atomic E-state index is -0.134. The molecule has 2 N–H and O–H groups in total. The van der Waals surface area contributed by atoms with E-state index in [0.29, 0.717) is 12.0 Å². The van der Waals surface area contributed by atoms with E-state index in [0.717, 1.165) is 37.3 Å². The molecule has 0 unspecified atom stereocenters. The molecular formula is C19H29N3O2. The van der Waals surface area contributed by atoms with Crippen LogP contribution in [0.15, 0.2) is 18.2 Å².